The average Bonchev–Trinajstić information content (AvgIpc) is 2.83. The van der Waals surface area contributed by atoms with Crippen molar-refractivity contribution in [2.75, 3.05) is 33.7 Å². The lowest BCUT2D eigenvalue weighted by Gasteiger charge is -2.16. The first-order valence-electron chi connectivity index (χ1n) is 5.30. The summed E-state index contributed by atoms with van der Waals surface area (Å²) in [5.41, 5.74) is 0. The molecule has 1 aliphatic carbocycles. The van der Waals surface area contributed by atoms with Gasteiger partial charge in [0.25, 0.3) is 0 Å². The standard InChI is InChI=1S/C10H23N3/c1-9(8-12-10-4-5-10)11-6-7-13(2)3/h9-12H,4-8H2,1-3H3. The lowest BCUT2D eigenvalue weighted by molar-refractivity contribution is 0.383. The molecule has 0 saturated heterocycles. The van der Waals surface area contributed by atoms with Crippen molar-refractivity contribution in [3.05, 3.63) is 0 Å². The van der Waals surface area contributed by atoms with Crippen LogP contribution in [-0.4, -0.2) is 50.7 Å². The zero-order valence-corrected chi connectivity index (χ0v) is 9.14. The number of nitrogens with zero attached hydrogens (tertiary/aromatic N) is 1. The molecule has 1 unspecified atom stereocenters. The molecule has 3 heteroatoms. The molecular formula is C10H23N3. The quantitative estimate of drug-likeness (QED) is 0.596. The van der Waals surface area contributed by atoms with Crippen LogP contribution in [0, 0.1) is 0 Å². The molecule has 2 N–H and O–H groups in total. The summed E-state index contributed by atoms with van der Waals surface area (Å²) in [5, 5.41) is 7.01. The van der Waals surface area contributed by atoms with Gasteiger partial charge in [-0.3, -0.25) is 0 Å². The summed E-state index contributed by atoms with van der Waals surface area (Å²) in [7, 11) is 4.21. The molecule has 0 aromatic heterocycles. The first-order chi connectivity index (χ1) is 6.18. The van der Waals surface area contributed by atoms with Crippen molar-refractivity contribution in [1.82, 2.24) is 15.5 Å². The van der Waals surface area contributed by atoms with Crippen LogP contribution in [0.3, 0.4) is 0 Å². The highest BCUT2D eigenvalue weighted by molar-refractivity contribution is 4.82. The van der Waals surface area contributed by atoms with Gasteiger partial charge in [0, 0.05) is 31.7 Å². The second-order valence-electron chi connectivity index (χ2n) is 4.34. The summed E-state index contributed by atoms with van der Waals surface area (Å²) < 4.78 is 0. The van der Waals surface area contributed by atoms with Crippen LogP contribution in [-0.2, 0) is 0 Å². The summed E-state index contributed by atoms with van der Waals surface area (Å²) in [4.78, 5) is 2.20. The van der Waals surface area contributed by atoms with E-state index in [1.54, 1.807) is 0 Å². The summed E-state index contributed by atoms with van der Waals surface area (Å²) in [6.07, 6.45) is 2.76. The van der Waals surface area contributed by atoms with Crippen LogP contribution in [0.4, 0.5) is 0 Å². The Balaban J connectivity index is 1.87. The maximum absolute atomic E-state index is 3.52. The summed E-state index contributed by atoms with van der Waals surface area (Å²) in [5.74, 6) is 0. The Hall–Kier alpha value is -0.120. The van der Waals surface area contributed by atoms with Gasteiger partial charge in [-0.1, -0.05) is 0 Å². The lowest BCUT2D eigenvalue weighted by atomic mass is 10.3. The fraction of sp³-hybridized carbons (Fsp3) is 1.00. The van der Waals surface area contributed by atoms with E-state index in [4.69, 9.17) is 0 Å². The minimum atomic E-state index is 0.598. The molecule has 0 aromatic carbocycles. The molecule has 0 aliphatic heterocycles. The number of hydrogen-bond donors (Lipinski definition) is 2. The van der Waals surface area contributed by atoms with E-state index < -0.39 is 0 Å². The molecule has 1 saturated carbocycles. The largest absolute Gasteiger partial charge is 0.312 e. The third kappa shape index (κ3) is 6.02. The Bertz CT molecular complexity index is 132. The maximum atomic E-state index is 3.52. The summed E-state index contributed by atoms with van der Waals surface area (Å²) in [6, 6.07) is 1.43. The number of rotatable bonds is 7. The van der Waals surface area contributed by atoms with Gasteiger partial charge in [-0.05, 0) is 33.9 Å². The van der Waals surface area contributed by atoms with Gasteiger partial charge in [0.1, 0.15) is 0 Å². The van der Waals surface area contributed by atoms with Crippen molar-refractivity contribution in [3.63, 3.8) is 0 Å². The van der Waals surface area contributed by atoms with Gasteiger partial charge in [-0.15, -0.1) is 0 Å². The van der Waals surface area contributed by atoms with E-state index in [1.165, 1.54) is 12.8 Å². The minimum absolute atomic E-state index is 0.598. The van der Waals surface area contributed by atoms with E-state index in [0.717, 1.165) is 25.7 Å². The highest BCUT2D eigenvalue weighted by atomic mass is 15.1. The molecule has 0 amide bonds. The van der Waals surface area contributed by atoms with Crippen LogP contribution >= 0.6 is 0 Å². The Labute approximate surface area is 81.9 Å². The number of nitrogens with one attached hydrogen (secondary N) is 2. The second-order valence-corrected chi connectivity index (χ2v) is 4.34. The first-order valence-corrected chi connectivity index (χ1v) is 5.30. The van der Waals surface area contributed by atoms with Gasteiger partial charge in [-0.25, -0.2) is 0 Å². The molecule has 0 bridgehead atoms. The number of hydrogen-bond acceptors (Lipinski definition) is 3. The van der Waals surface area contributed by atoms with E-state index >= 15 is 0 Å². The van der Waals surface area contributed by atoms with E-state index in [-0.39, 0.29) is 0 Å². The van der Waals surface area contributed by atoms with Gasteiger partial charge in [-0.2, -0.15) is 0 Å². The lowest BCUT2D eigenvalue weighted by Crippen LogP contribution is -2.40. The second kappa shape index (κ2) is 5.58. The molecule has 1 fully saturated rings. The zero-order chi connectivity index (χ0) is 9.68. The number of likely N-dealkylation sites (N-methyl/N-ethyl adjacent to an activating group) is 1. The molecule has 0 heterocycles. The molecule has 78 valence electrons. The predicted octanol–water partition coefficient (Wildman–Crippen LogP) is 0.278. The molecule has 1 aliphatic rings. The molecule has 1 rings (SSSR count). The third-order valence-electron chi connectivity index (χ3n) is 2.34. The molecule has 1 atom stereocenters. The highest BCUT2D eigenvalue weighted by Gasteiger charge is 2.20. The van der Waals surface area contributed by atoms with Crippen molar-refractivity contribution in [2.24, 2.45) is 0 Å². The first kappa shape index (κ1) is 11.0. The van der Waals surface area contributed by atoms with Crippen LogP contribution in [0.5, 0.6) is 0 Å². The molecule has 13 heavy (non-hydrogen) atoms. The Morgan fingerprint density at radius 1 is 1.38 bits per heavy atom. The Kier molecular flexibility index (Phi) is 4.70. The topological polar surface area (TPSA) is 27.3 Å². The molecule has 3 nitrogen and oxygen atoms in total. The van der Waals surface area contributed by atoms with Crippen LogP contribution in [0.15, 0.2) is 0 Å². The summed E-state index contributed by atoms with van der Waals surface area (Å²) in [6.45, 7) is 5.55. The van der Waals surface area contributed by atoms with E-state index in [0.29, 0.717) is 6.04 Å². The van der Waals surface area contributed by atoms with Gasteiger partial charge in [0.05, 0.1) is 0 Å². The van der Waals surface area contributed by atoms with Gasteiger partial charge in [0.2, 0.25) is 0 Å². The summed E-state index contributed by atoms with van der Waals surface area (Å²) >= 11 is 0. The highest BCUT2D eigenvalue weighted by Crippen LogP contribution is 2.18. The molecule has 0 aromatic rings. The zero-order valence-electron chi connectivity index (χ0n) is 9.14. The predicted molar refractivity (Wildman–Crippen MR) is 57.0 cm³/mol. The normalized spacial score (nSPS) is 19.4. The molecular weight excluding hydrogens is 162 g/mol. The van der Waals surface area contributed by atoms with Gasteiger partial charge < -0.3 is 15.5 Å². The van der Waals surface area contributed by atoms with Crippen LogP contribution < -0.4 is 10.6 Å². The SMILES string of the molecule is CC(CNC1CC1)NCCN(C)C. The average molecular weight is 185 g/mol. The Morgan fingerprint density at radius 2 is 2.08 bits per heavy atom. The maximum Gasteiger partial charge on any atom is 0.0164 e. The monoisotopic (exact) mass is 185 g/mol. The van der Waals surface area contributed by atoms with Gasteiger partial charge >= 0.3 is 0 Å². The third-order valence-corrected chi connectivity index (χ3v) is 2.34. The van der Waals surface area contributed by atoms with Crippen molar-refractivity contribution in [2.45, 2.75) is 31.8 Å². The van der Waals surface area contributed by atoms with E-state index in [1.807, 2.05) is 0 Å². The van der Waals surface area contributed by atoms with Crippen molar-refractivity contribution in [1.29, 1.82) is 0 Å². The molecule has 0 radical (unpaired) electrons. The van der Waals surface area contributed by atoms with Crippen LogP contribution in [0.1, 0.15) is 19.8 Å². The fourth-order valence-corrected chi connectivity index (χ4v) is 1.24. The van der Waals surface area contributed by atoms with Gasteiger partial charge in [0.15, 0.2) is 0 Å². The van der Waals surface area contributed by atoms with E-state index in [2.05, 4.69) is 36.6 Å². The van der Waals surface area contributed by atoms with Crippen molar-refractivity contribution < 1.29 is 0 Å². The van der Waals surface area contributed by atoms with E-state index in [9.17, 15) is 0 Å². The van der Waals surface area contributed by atoms with Crippen LogP contribution in [0.25, 0.3) is 0 Å². The molecule has 0 spiro atoms. The van der Waals surface area contributed by atoms with Crippen molar-refractivity contribution in [3.8, 4) is 0 Å². The smallest absolute Gasteiger partial charge is 0.0164 e. The van der Waals surface area contributed by atoms with Crippen LogP contribution in [0.2, 0.25) is 0 Å². The minimum Gasteiger partial charge on any atom is -0.312 e. The van der Waals surface area contributed by atoms with Crippen molar-refractivity contribution >= 4 is 0 Å². The fourth-order valence-electron chi connectivity index (χ4n) is 1.24. The Morgan fingerprint density at radius 3 is 2.62 bits per heavy atom.